The molecule has 100 valence electrons. The minimum absolute atomic E-state index is 0.0969. The van der Waals surface area contributed by atoms with Gasteiger partial charge in [0.2, 0.25) is 0 Å². The van der Waals surface area contributed by atoms with Crippen LogP contribution in [0, 0.1) is 0 Å². The van der Waals surface area contributed by atoms with Crippen LogP contribution in [-0.2, 0) is 12.7 Å². The van der Waals surface area contributed by atoms with Gasteiger partial charge >= 0.3 is 6.18 Å². The fourth-order valence-electron chi connectivity index (χ4n) is 2.29. The van der Waals surface area contributed by atoms with Crippen LogP contribution in [0.3, 0.4) is 0 Å². The van der Waals surface area contributed by atoms with Crippen molar-refractivity contribution in [2.45, 2.75) is 44.4 Å². The minimum atomic E-state index is -4.30. The van der Waals surface area contributed by atoms with Gasteiger partial charge in [-0.15, -0.1) is 0 Å². The van der Waals surface area contributed by atoms with Crippen molar-refractivity contribution >= 4 is 15.9 Å². The molecule has 0 spiro atoms. The molecule has 5 heteroatoms. The Bertz CT molecular complexity index is 411. The largest absolute Gasteiger partial charge is 0.417 e. The molecule has 0 amide bonds. The van der Waals surface area contributed by atoms with E-state index in [2.05, 4.69) is 21.2 Å². The summed E-state index contributed by atoms with van der Waals surface area (Å²) in [5, 5.41) is 3.31. The first-order chi connectivity index (χ1) is 8.47. The smallest absolute Gasteiger partial charge is 0.310 e. The molecule has 1 aromatic carbocycles. The Balaban J connectivity index is 2.04. The molecule has 1 fully saturated rings. The van der Waals surface area contributed by atoms with Gasteiger partial charge in [-0.3, -0.25) is 0 Å². The van der Waals surface area contributed by atoms with Gasteiger partial charge in [-0.2, -0.15) is 13.2 Å². The van der Waals surface area contributed by atoms with E-state index in [-0.39, 0.29) is 4.47 Å². The average Bonchev–Trinajstić information content (AvgIpc) is 2.79. The standard InChI is InChI=1S/C13H15BrF3N/c14-12-6-5-9(7-11(12)13(15,16)17)8-18-10-3-1-2-4-10/h5-7,10,18H,1-4,8H2. The topological polar surface area (TPSA) is 12.0 Å². The van der Waals surface area contributed by atoms with Crippen LogP contribution in [0.25, 0.3) is 0 Å². The SMILES string of the molecule is FC(F)(F)c1cc(CNC2CCCC2)ccc1Br. The van der Waals surface area contributed by atoms with Crippen LogP contribution >= 0.6 is 15.9 Å². The molecule has 18 heavy (non-hydrogen) atoms. The van der Waals surface area contributed by atoms with Gasteiger partial charge in [0.15, 0.2) is 0 Å². The minimum Gasteiger partial charge on any atom is -0.310 e. The average molecular weight is 322 g/mol. The van der Waals surface area contributed by atoms with Crippen LogP contribution < -0.4 is 5.32 Å². The summed E-state index contributed by atoms with van der Waals surface area (Å²) in [7, 11) is 0. The first kappa shape index (κ1) is 13.9. The second-order valence-electron chi connectivity index (χ2n) is 4.67. The van der Waals surface area contributed by atoms with Gasteiger partial charge in [-0.25, -0.2) is 0 Å². The van der Waals surface area contributed by atoms with Crippen molar-refractivity contribution in [1.29, 1.82) is 0 Å². The van der Waals surface area contributed by atoms with Crippen LogP contribution in [-0.4, -0.2) is 6.04 Å². The summed E-state index contributed by atoms with van der Waals surface area (Å²) >= 11 is 2.94. The van der Waals surface area contributed by atoms with Crippen molar-refractivity contribution in [3.8, 4) is 0 Å². The first-order valence-electron chi connectivity index (χ1n) is 6.06. The lowest BCUT2D eigenvalue weighted by molar-refractivity contribution is -0.138. The molecule has 0 saturated heterocycles. The molecule has 0 bridgehead atoms. The first-order valence-corrected chi connectivity index (χ1v) is 6.85. The van der Waals surface area contributed by atoms with Crippen molar-refractivity contribution in [2.75, 3.05) is 0 Å². The van der Waals surface area contributed by atoms with E-state index in [1.165, 1.54) is 25.0 Å². The molecular weight excluding hydrogens is 307 g/mol. The third kappa shape index (κ3) is 3.48. The highest BCUT2D eigenvalue weighted by Crippen LogP contribution is 2.35. The van der Waals surface area contributed by atoms with Gasteiger partial charge in [-0.05, 0) is 30.5 Å². The summed E-state index contributed by atoms with van der Waals surface area (Å²) in [5.74, 6) is 0. The molecule has 0 aliphatic heterocycles. The highest BCUT2D eigenvalue weighted by molar-refractivity contribution is 9.10. The van der Waals surface area contributed by atoms with Crippen LogP contribution in [0.1, 0.15) is 36.8 Å². The molecule has 0 unspecified atom stereocenters. The summed E-state index contributed by atoms with van der Waals surface area (Å²) in [6.07, 6.45) is 0.380. The lowest BCUT2D eigenvalue weighted by Crippen LogP contribution is -2.25. The molecule has 2 rings (SSSR count). The van der Waals surface area contributed by atoms with Crippen LogP contribution in [0.2, 0.25) is 0 Å². The predicted octanol–water partition coefficient (Wildman–Crippen LogP) is 4.50. The molecule has 0 atom stereocenters. The molecule has 1 N–H and O–H groups in total. The fraction of sp³-hybridized carbons (Fsp3) is 0.538. The second-order valence-corrected chi connectivity index (χ2v) is 5.53. The fourth-order valence-corrected chi connectivity index (χ4v) is 2.76. The number of hydrogen-bond donors (Lipinski definition) is 1. The monoisotopic (exact) mass is 321 g/mol. The lowest BCUT2D eigenvalue weighted by Gasteiger charge is -2.14. The van der Waals surface area contributed by atoms with Crippen molar-refractivity contribution < 1.29 is 13.2 Å². The van der Waals surface area contributed by atoms with Gasteiger partial charge in [-0.1, -0.05) is 34.8 Å². The Morgan fingerprint density at radius 3 is 2.50 bits per heavy atom. The van der Waals surface area contributed by atoms with Gasteiger partial charge in [0, 0.05) is 17.1 Å². The highest BCUT2D eigenvalue weighted by Gasteiger charge is 2.33. The maximum Gasteiger partial charge on any atom is 0.417 e. The molecule has 0 aromatic heterocycles. The predicted molar refractivity (Wildman–Crippen MR) is 68.2 cm³/mol. The number of alkyl halides is 3. The van der Waals surface area contributed by atoms with Gasteiger partial charge in [0.1, 0.15) is 0 Å². The molecule has 1 aromatic rings. The third-order valence-electron chi connectivity index (χ3n) is 3.29. The van der Waals surface area contributed by atoms with Crippen molar-refractivity contribution in [1.82, 2.24) is 5.32 Å². The van der Waals surface area contributed by atoms with E-state index in [1.54, 1.807) is 6.07 Å². The Hall–Kier alpha value is -0.550. The maximum absolute atomic E-state index is 12.7. The highest BCUT2D eigenvalue weighted by atomic mass is 79.9. The van der Waals surface area contributed by atoms with E-state index in [1.807, 2.05) is 0 Å². The summed E-state index contributed by atoms with van der Waals surface area (Å²) in [4.78, 5) is 0. The molecular formula is C13H15BrF3N. The number of benzene rings is 1. The number of hydrogen-bond acceptors (Lipinski definition) is 1. The second kappa shape index (κ2) is 5.61. The third-order valence-corrected chi connectivity index (χ3v) is 3.98. The maximum atomic E-state index is 12.7. The number of halogens is 4. The Labute approximate surface area is 113 Å². The quantitative estimate of drug-likeness (QED) is 0.864. The van der Waals surface area contributed by atoms with Crippen molar-refractivity contribution in [2.24, 2.45) is 0 Å². The van der Waals surface area contributed by atoms with Crippen molar-refractivity contribution in [3.63, 3.8) is 0 Å². The zero-order valence-electron chi connectivity index (χ0n) is 9.86. The van der Waals surface area contributed by atoms with E-state index in [9.17, 15) is 13.2 Å². The zero-order valence-corrected chi connectivity index (χ0v) is 11.4. The van der Waals surface area contributed by atoms with E-state index in [0.717, 1.165) is 12.8 Å². The molecule has 1 saturated carbocycles. The van der Waals surface area contributed by atoms with E-state index < -0.39 is 11.7 Å². The number of rotatable bonds is 3. The van der Waals surface area contributed by atoms with Crippen LogP contribution in [0.5, 0.6) is 0 Å². The van der Waals surface area contributed by atoms with Crippen molar-refractivity contribution in [3.05, 3.63) is 33.8 Å². The Morgan fingerprint density at radius 1 is 1.22 bits per heavy atom. The van der Waals surface area contributed by atoms with E-state index in [0.29, 0.717) is 18.2 Å². The number of nitrogens with one attached hydrogen (secondary N) is 1. The summed E-state index contributed by atoms with van der Waals surface area (Å²) in [6, 6.07) is 4.87. The molecule has 1 aliphatic carbocycles. The summed E-state index contributed by atoms with van der Waals surface area (Å²) < 4.78 is 38.3. The summed E-state index contributed by atoms with van der Waals surface area (Å²) in [6.45, 7) is 0.501. The van der Waals surface area contributed by atoms with Gasteiger partial charge in [0.05, 0.1) is 5.56 Å². The Morgan fingerprint density at radius 2 is 1.89 bits per heavy atom. The zero-order chi connectivity index (χ0) is 13.2. The van der Waals surface area contributed by atoms with Crippen LogP contribution in [0.15, 0.2) is 22.7 Å². The molecule has 1 nitrogen and oxygen atoms in total. The van der Waals surface area contributed by atoms with E-state index >= 15 is 0 Å². The van der Waals surface area contributed by atoms with Gasteiger partial charge in [0.25, 0.3) is 0 Å². The Kier molecular flexibility index (Phi) is 4.33. The normalized spacial score (nSPS) is 17.3. The molecule has 1 aliphatic rings. The molecule has 0 radical (unpaired) electrons. The lowest BCUT2D eigenvalue weighted by atomic mass is 10.1. The van der Waals surface area contributed by atoms with Crippen LogP contribution in [0.4, 0.5) is 13.2 Å². The van der Waals surface area contributed by atoms with Gasteiger partial charge < -0.3 is 5.32 Å². The summed E-state index contributed by atoms with van der Waals surface area (Å²) in [5.41, 5.74) is 0.0747. The van der Waals surface area contributed by atoms with E-state index in [4.69, 9.17) is 0 Å². The molecule has 0 heterocycles.